The first-order valence-electron chi connectivity index (χ1n) is 3.72. The number of nitrogens with zero attached hydrogens (tertiary/aromatic N) is 2. The lowest BCUT2D eigenvalue weighted by Gasteiger charge is -1.97. The van der Waals surface area contributed by atoms with Gasteiger partial charge in [-0.1, -0.05) is 11.6 Å². The van der Waals surface area contributed by atoms with E-state index in [0.29, 0.717) is 6.07 Å². The highest BCUT2D eigenvalue weighted by Gasteiger charge is 2.29. The Hall–Kier alpha value is -2.22. The van der Waals surface area contributed by atoms with E-state index in [-0.39, 0.29) is 0 Å². The van der Waals surface area contributed by atoms with Crippen molar-refractivity contribution in [1.29, 1.82) is 0 Å². The van der Waals surface area contributed by atoms with Gasteiger partial charge in [-0.2, -0.15) is 0 Å². The molecule has 0 aliphatic heterocycles. The second-order valence-electron chi connectivity index (χ2n) is 2.66. The SMILES string of the molecule is O=C(O)c1cc(Cl)c([N+](=O)O)cc1[N+](=O)[O-]. The number of hydrogen-bond acceptors (Lipinski definition) is 4. The van der Waals surface area contributed by atoms with Crippen LogP contribution in [0.4, 0.5) is 11.4 Å². The van der Waals surface area contributed by atoms with Crippen LogP contribution in [0.2, 0.25) is 5.02 Å². The minimum atomic E-state index is -1.56. The highest BCUT2D eigenvalue weighted by molar-refractivity contribution is 6.33. The second-order valence-corrected chi connectivity index (χ2v) is 3.06. The minimum Gasteiger partial charge on any atom is -0.477 e. The molecule has 1 rings (SSSR count). The summed E-state index contributed by atoms with van der Waals surface area (Å²) in [6, 6.07) is 1.30. The van der Waals surface area contributed by atoms with Crippen molar-refractivity contribution in [3.8, 4) is 0 Å². The first-order chi connectivity index (χ1) is 7.34. The Morgan fingerprint density at radius 1 is 1.31 bits per heavy atom. The Labute approximate surface area is 92.4 Å². The summed E-state index contributed by atoms with van der Waals surface area (Å²) in [4.78, 5) is 30.0. The van der Waals surface area contributed by atoms with Gasteiger partial charge in [-0.15, -0.1) is 0 Å². The maximum atomic E-state index is 10.6. The fraction of sp³-hybridized carbons (Fsp3) is 0. The van der Waals surface area contributed by atoms with Crippen molar-refractivity contribution >= 4 is 28.9 Å². The zero-order valence-corrected chi connectivity index (χ0v) is 8.21. The Bertz CT molecular complexity index is 500. The molecule has 1 aromatic rings. The van der Waals surface area contributed by atoms with Crippen molar-refractivity contribution in [2.45, 2.75) is 0 Å². The van der Waals surface area contributed by atoms with Crippen LogP contribution in [0, 0.1) is 15.0 Å². The molecule has 0 amide bonds. The van der Waals surface area contributed by atoms with Gasteiger partial charge in [0.1, 0.15) is 16.7 Å². The normalized spacial score (nSPS) is 9.81. The number of carbonyl (C=O) groups is 1. The smallest absolute Gasteiger partial charge is 0.342 e. The Kier molecular flexibility index (Phi) is 3.04. The van der Waals surface area contributed by atoms with E-state index in [1.807, 2.05) is 0 Å². The van der Waals surface area contributed by atoms with Crippen LogP contribution in [0.25, 0.3) is 0 Å². The van der Waals surface area contributed by atoms with Crippen LogP contribution in [-0.4, -0.2) is 26.1 Å². The average Bonchev–Trinajstić information content (AvgIpc) is 2.15. The first-order valence-corrected chi connectivity index (χ1v) is 4.09. The molecular formula is C7H4ClN2O6+. The number of rotatable bonds is 3. The largest absolute Gasteiger partial charge is 0.477 e. The number of carboxylic acids is 1. The third-order valence-corrected chi connectivity index (χ3v) is 2.00. The van der Waals surface area contributed by atoms with E-state index in [4.69, 9.17) is 21.9 Å². The number of halogens is 1. The molecule has 0 spiro atoms. The van der Waals surface area contributed by atoms with Gasteiger partial charge < -0.3 is 5.11 Å². The second kappa shape index (κ2) is 4.11. The molecule has 1 aromatic carbocycles. The lowest BCUT2D eigenvalue weighted by molar-refractivity contribution is -0.729. The molecule has 2 N–H and O–H groups in total. The summed E-state index contributed by atoms with van der Waals surface area (Å²) >= 11 is 5.46. The molecule has 0 saturated carbocycles. The van der Waals surface area contributed by atoms with Gasteiger partial charge in [-0.3, -0.25) is 10.1 Å². The van der Waals surface area contributed by atoms with E-state index in [2.05, 4.69) is 0 Å². The van der Waals surface area contributed by atoms with E-state index >= 15 is 0 Å². The summed E-state index contributed by atoms with van der Waals surface area (Å²) in [5.74, 6) is -1.56. The number of carboxylic acid groups (broad SMARTS) is 1. The predicted octanol–water partition coefficient (Wildman–Crippen LogP) is 1.75. The van der Waals surface area contributed by atoms with Crippen molar-refractivity contribution in [1.82, 2.24) is 0 Å². The van der Waals surface area contributed by atoms with Gasteiger partial charge in [-0.25, -0.2) is 10.0 Å². The van der Waals surface area contributed by atoms with Gasteiger partial charge in [0.15, 0.2) is 0 Å². The summed E-state index contributed by atoms with van der Waals surface area (Å²) in [6.07, 6.45) is 0. The number of hydrogen-bond donors (Lipinski definition) is 2. The molecule has 0 radical (unpaired) electrons. The van der Waals surface area contributed by atoms with Gasteiger partial charge in [0.05, 0.1) is 9.83 Å². The average molecular weight is 248 g/mol. The van der Waals surface area contributed by atoms with E-state index in [0.717, 1.165) is 6.07 Å². The number of aromatic carboxylic acids is 1. The van der Waals surface area contributed by atoms with Crippen LogP contribution in [0.3, 0.4) is 0 Å². The predicted molar refractivity (Wildman–Crippen MR) is 50.1 cm³/mol. The third kappa shape index (κ3) is 2.06. The Balaban J connectivity index is 3.55. The molecule has 16 heavy (non-hydrogen) atoms. The number of nitro benzene ring substituents is 1. The van der Waals surface area contributed by atoms with Crippen LogP contribution in [0.1, 0.15) is 10.4 Å². The van der Waals surface area contributed by atoms with Crippen LogP contribution in [-0.2, 0) is 0 Å². The van der Waals surface area contributed by atoms with Gasteiger partial charge in [0.2, 0.25) is 0 Å². The van der Waals surface area contributed by atoms with Gasteiger partial charge in [0.25, 0.3) is 10.6 Å². The van der Waals surface area contributed by atoms with Crippen molar-refractivity contribution < 1.29 is 25.0 Å². The van der Waals surface area contributed by atoms with Gasteiger partial charge in [0, 0.05) is 0 Å². The molecule has 0 aromatic heterocycles. The molecule has 0 fully saturated rings. The van der Waals surface area contributed by atoms with Crippen LogP contribution >= 0.6 is 11.6 Å². The standard InChI is InChI=1S/C7H3ClN2O6/c8-4-1-3(7(11)12)5(9(13)14)2-6(4)10(15)16/h1-2H,(H-,11,12,15,16)/p+1. The third-order valence-electron chi connectivity index (χ3n) is 1.70. The summed E-state index contributed by atoms with van der Waals surface area (Å²) < 4.78 is 0. The topological polar surface area (TPSA) is 121 Å². The Morgan fingerprint density at radius 3 is 2.25 bits per heavy atom. The fourth-order valence-electron chi connectivity index (χ4n) is 1.02. The van der Waals surface area contributed by atoms with Crippen LogP contribution in [0.15, 0.2) is 12.1 Å². The van der Waals surface area contributed by atoms with Gasteiger partial charge >= 0.3 is 11.7 Å². The van der Waals surface area contributed by atoms with E-state index < -0.39 is 37.8 Å². The fourth-order valence-corrected chi connectivity index (χ4v) is 1.26. The number of nitro groups is 1. The van der Waals surface area contributed by atoms with Crippen molar-refractivity contribution in [3.05, 3.63) is 37.7 Å². The maximum Gasteiger partial charge on any atom is 0.342 e. The summed E-state index contributed by atoms with van der Waals surface area (Å²) in [5, 5.41) is 27.3. The van der Waals surface area contributed by atoms with E-state index in [9.17, 15) is 19.8 Å². The van der Waals surface area contributed by atoms with E-state index in [1.165, 1.54) is 0 Å². The Morgan fingerprint density at radius 2 is 1.88 bits per heavy atom. The molecule has 0 atom stereocenters. The monoisotopic (exact) mass is 247 g/mol. The van der Waals surface area contributed by atoms with Crippen molar-refractivity contribution in [2.75, 3.05) is 0 Å². The van der Waals surface area contributed by atoms with Crippen molar-refractivity contribution in [2.24, 2.45) is 0 Å². The molecule has 0 heterocycles. The van der Waals surface area contributed by atoms with Crippen LogP contribution in [0.5, 0.6) is 0 Å². The van der Waals surface area contributed by atoms with Crippen LogP contribution < -0.4 is 0 Å². The highest BCUT2D eigenvalue weighted by Crippen LogP contribution is 2.31. The molecule has 0 bridgehead atoms. The zero-order valence-electron chi connectivity index (χ0n) is 7.45. The summed E-state index contributed by atoms with van der Waals surface area (Å²) in [6.45, 7) is 0. The lowest BCUT2D eigenvalue weighted by Crippen LogP contribution is -2.04. The quantitative estimate of drug-likeness (QED) is 0.620. The van der Waals surface area contributed by atoms with Crippen molar-refractivity contribution in [3.63, 3.8) is 0 Å². The first kappa shape index (κ1) is 11.9. The molecule has 0 unspecified atom stereocenters. The molecule has 8 nitrogen and oxygen atoms in total. The molecular weight excluding hydrogens is 244 g/mol. The molecule has 0 saturated heterocycles. The molecule has 9 heteroatoms. The highest BCUT2D eigenvalue weighted by atomic mass is 35.5. The minimum absolute atomic E-state index is 0.402. The zero-order chi connectivity index (χ0) is 12.5. The van der Waals surface area contributed by atoms with E-state index in [1.54, 1.807) is 0 Å². The summed E-state index contributed by atoms with van der Waals surface area (Å²) in [7, 11) is 0. The molecule has 0 aliphatic carbocycles. The molecule has 0 aliphatic rings. The summed E-state index contributed by atoms with van der Waals surface area (Å²) in [5.41, 5.74) is -2.10. The lowest BCUT2D eigenvalue weighted by atomic mass is 10.1. The maximum absolute atomic E-state index is 10.6. The molecule has 84 valence electrons. The number of benzene rings is 1. The van der Waals surface area contributed by atoms with Gasteiger partial charge in [-0.05, 0) is 6.07 Å².